The van der Waals surface area contributed by atoms with Gasteiger partial charge in [-0.1, -0.05) is 20.3 Å². The number of benzene rings is 1. The van der Waals surface area contributed by atoms with Gasteiger partial charge in [0.05, 0.1) is 14.2 Å². The van der Waals surface area contributed by atoms with E-state index in [4.69, 9.17) is 9.47 Å². The number of hydrogen-bond donors (Lipinski definition) is 1. The van der Waals surface area contributed by atoms with E-state index in [1.54, 1.807) is 26.4 Å². The first kappa shape index (κ1) is 16.1. The van der Waals surface area contributed by atoms with E-state index in [-0.39, 0.29) is 5.91 Å². The highest BCUT2D eigenvalue weighted by Crippen LogP contribution is 2.25. The van der Waals surface area contributed by atoms with Gasteiger partial charge < -0.3 is 14.8 Å². The Morgan fingerprint density at radius 1 is 1.35 bits per heavy atom. The van der Waals surface area contributed by atoms with E-state index >= 15 is 0 Å². The predicted molar refractivity (Wildman–Crippen MR) is 81.0 cm³/mol. The minimum atomic E-state index is -0.0943. The van der Waals surface area contributed by atoms with Crippen molar-refractivity contribution in [2.75, 3.05) is 20.8 Å². The Morgan fingerprint density at radius 3 is 2.70 bits per heavy atom. The molecule has 1 unspecified atom stereocenters. The Labute approximate surface area is 120 Å². The fraction of sp³-hybridized carbons (Fsp3) is 0.438. The largest absolute Gasteiger partial charge is 0.497 e. The summed E-state index contributed by atoms with van der Waals surface area (Å²) in [5.74, 6) is 1.79. The molecule has 0 bridgehead atoms. The highest BCUT2D eigenvalue weighted by molar-refractivity contribution is 5.92. The molecule has 1 rings (SSSR count). The van der Waals surface area contributed by atoms with Gasteiger partial charge in [-0.25, -0.2) is 0 Å². The molecule has 1 N–H and O–H groups in total. The van der Waals surface area contributed by atoms with E-state index < -0.39 is 0 Å². The lowest BCUT2D eigenvalue weighted by Gasteiger charge is -2.09. The molecule has 1 aromatic rings. The molecule has 4 heteroatoms. The lowest BCUT2D eigenvalue weighted by molar-refractivity contribution is -0.116. The van der Waals surface area contributed by atoms with Crippen molar-refractivity contribution in [1.82, 2.24) is 5.32 Å². The Balaban J connectivity index is 2.67. The first-order valence-electron chi connectivity index (χ1n) is 6.78. The molecule has 1 atom stereocenters. The Kier molecular flexibility index (Phi) is 6.64. The molecule has 1 aromatic carbocycles. The highest BCUT2D eigenvalue weighted by Gasteiger charge is 2.04. The molecule has 0 aromatic heterocycles. The fourth-order valence-corrected chi connectivity index (χ4v) is 1.60. The number of rotatable bonds is 7. The minimum absolute atomic E-state index is 0.0943. The van der Waals surface area contributed by atoms with Crippen LogP contribution in [0, 0.1) is 5.92 Å². The zero-order valence-electron chi connectivity index (χ0n) is 12.6. The fourth-order valence-electron chi connectivity index (χ4n) is 1.60. The molecule has 110 valence electrons. The summed E-state index contributed by atoms with van der Waals surface area (Å²) in [5.41, 5.74) is 0.840. The van der Waals surface area contributed by atoms with Crippen molar-refractivity contribution in [1.29, 1.82) is 0 Å². The molecule has 4 nitrogen and oxygen atoms in total. The molecule has 0 saturated carbocycles. The maximum absolute atomic E-state index is 11.7. The first-order valence-corrected chi connectivity index (χ1v) is 6.78. The molecule has 0 saturated heterocycles. The van der Waals surface area contributed by atoms with Crippen LogP contribution in [0.4, 0.5) is 0 Å². The van der Waals surface area contributed by atoms with Gasteiger partial charge in [-0.15, -0.1) is 0 Å². The van der Waals surface area contributed by atoms with Crippen LogP contribution < -0.4 is 14.8 Å². The first-order chi connectivity index (χ1) is 9.60. The van der Waals surface area contributed by atoms with Crippen LogP contribution in [0.25, 0.3) is 6.08 Å². The van der Waals surface area contributed by atoms with Gasteiger partial charge >= 0.3 is 0 Å². The predicted octanol–water partition coefficient (Wildman–Crippen LogP) is 2.88. The summed E-state index contributed by atoms with van der Waals surface area (Å²) in [5, 5.41) is 2.87. The zero-order valence-corrected chi connectivity index (χ0v) is 12.6. The average Bonchev–Trinajstić information content (AvgIpc) is 2.50. The highest BCUT2D eigenvalue weighted by atomic mass is 16.5. The van der Waals surface area contributed by atoms with Gasteiger partial charge in [-0.2, -0.15) is 0 Å². The van der Waals surface area contributed by atoms with Gasteiger partial charge in [0.15, 0.2) is 0 Å². The molecule has 0 radical (unpaired) electrons. The lowest BCUT2D eigenvalue weighted by atomic mass is 10.1. The van der Waals surface area contributed by atoms with Gasteiger partial charge in [-0.3, -0.25) is 4.79 Å². The van der Waals surface area contributed by atoms with Crippen molar-refractivity contribution in [2.45, 2.75) is 20.3 Å². The molecular formula is C16H23NO3. The zero-order chi connectivity index (χ0) is 15.0. The number of carbonyl (C=O) groups excluding carboxylic acids is 1. The van der Waals surface area contributed by atoms with Gasteiger partial charge in [0, 0.05) is 24.3 Å². The number of ether oxygens (including phenoxy) is 2. The third-order valence-electron chi connectivity index (χ3n) is 3.18. The van der Waals surface area contributed by atoms with E-state index in [9.17, 15) is 4.79 Å². The van der Waals surface area contributed by atoms with Crippen LogP contribution >= 0.6 is 0 Å². The molecule has 1 amide bonds. The molecule has 20 heavy (non-hydrogen) atoms. The quantitative estimate of drug-likeness (QED) is 0.780. The van der Waals surface area contributed by atoms with Gasteiger partial charge in [0.2, 0.25) is 5.91 Å². The summed E-state index contributed by atoms with van der Waals surface area (Å²) < 4.78 is 10.4. The van der Waals surface area contributed by atoms with Crippen LogP contribution in [0.5, 0.6) is 11.5 Å². The van der Waals surface area contributed by atoms with Crippen molar-refractivity contribution >= 4 is 12.0 Å². The van der Waals surface area contributed by atoms with Gasteiger partial charge in [0.25, 0.3) is 0 Å². The summed E-state index contributed by atoms with van der Waals surface area (Å²) in [6, 6.07) is 5.48. The van der Waals surface area contributed by atoms with Crippen LogP contribution in [0.1, 0.15) is 25.8 Å². The second-order valence-electron chi connectivity index (χ2n) is 4.70. The number of carbonyl (C=O) groups is 1. The van der Waals surface area contributed by atoms with Crippen LogP contribution in [-0.2, 0) is 4.79 Å². The third-order valence-corrected chi connectivity index (χ3v) is 3.18. The minimum Gasteiger partial charge on any atom is -0.497 e. The topological polar surface area (TPSA) is 47.6 Å². The maximum Gasteiger partial charge on any atom is 0.244 e. The Hall–Kier alpha value is -1.97. The Bertz CT molecular complexity index is 469. The molecule has 0 fully saturated rings. The summed E-state index contributed by atoms with van der Waals surface area (Å²) >= 11 is 0. The molecular weight excluding hydrogens is 254 g/mol. The van der Waals surface area contributed by atoms with E-state index in [1.165, 1.54) is 6.08 Å². The van der Waals surface area contributed by atoms with Crippen molar-refractivity contribution in [3.63, 3.8) is 0 Å². The van der Waals surface area contributed by atoms with E-state index in [1.807, 2.05) is 12.1 Å². The van der Waals surface area contributed by atoms with Crippen molar-refractivity contribution < 1.29 is 14.3 Å². The van der Waals surface area contributed by atoms with Crippen LogP contribution in [0.3, 0.4) is 0 Å². The Morgan fingerprint density at radius 2 is 2.10 bits per heavy atom. The monoisotopic (exact) mass is 277 g/mol. The smallest absolute Gasteiger partial charge is 0.244 e. The second-order valence-corrected chi connectivity index (χ2v) is 4.70. The molecule has 0 aliphatic heterocycles. The summed E-state index contributed by atoms with van der Waals surface area (Å²) in [6.45, 7) is 4.91. The average molecular weight is 277 g/mol. The van der Waals surface area contributed by atoms with Gasteiger partial charge in [0.1, 0.15) is 11.5 Å². The number of nitrogens with one attached hydrogen (secondary N) is 1. The summed E-state index contributed by atoms with van der Waals surface area (Å²) in [6.07, 6.45) is 4.31. The van der Waals surface area contributed by atoms with Crippen molar-refractivity contribution in [3.8, 4) is 11.5 Å². The van der Waals surface area contributed by atoms with Crippen LogP contribution in [-0.4, -0.2) is 26.7 Å². The van der Waals surface area contributed by atoms with E-state index in [2.05, 4.69) is 19.2 Å². The second kappa shape index (κ2) is 8.25. The van der Waals surface area contributed by atoms with E-state index in [0.717, 1.165) is 17.7 Å². The SMILES string of the molecule is CCC(C)CNC(=O)/C=C/c1ccc(OC)cc1OC. The van der Waals surface area contributed by atoms with Gasteiger partial charge in [-0.05, 0) is 24.1 Å². The molecule has 0 heterocycles. The van der Waals surface area contributed by atoms with Crippen LogP contribution in [0.2, 0.25) is 0 Å². The number of hydrogen-bond acceptors (Lipinski definition) is 3. The van der Waals surface area contributed by atoms with E-state index in [0.29, 0.717) is 18.2 Å². The number of methoxy groups -OCH3 is 2. The summed E-state index contributed by atoms with van der Waals surface area (Å²) in [4.78, 5) is 11.7. The van der Waals surface area contributed by atoms with Crippen molar-refractivity contribution in [3.05, 3.63) is 29.8 Å². The van der Waals surface area contributed by atoms with Crippen molar-refractivity contribution in [2.24, 2.45) is 5.92 Å². The normalized spacial score (nSPS) is 12.2. The standard InChI is InChI=1S/C16H23NO3/c1-5-12(2)11-17-16(18)9-7-13-6-8-14(19-3)10-15(13)20-4/h6-10,12H,5,11H2,1-4H3,(H,17,18)/b9-7+. The molecule has 0 aliphatic carbocycles. The number of amides is 1. The lowest BCUT2D eigenvalue weighted by Crippen LogP contribution is -2.26. The maximum atomic E-state index is 11.7. The summed E-state index contributed by atoms with van der Waals surface area (Å²) in [7, 11) is 3.20. The third kappa shape index (κ3) is 4.96. The molecule has 0 spiro atoms. The van der Waals surface area contributed by atoms with Crippen LogP contribution in [0.15, 0.2) is 24.3 Å². The molecule has 0 aliphatic rings.